The van der Waals surface area contributed by atoms with E-state index < -0.39 is 22.1 Å². The van der Waals surface area contributed by atoms with E-state index in [0.717, 1.165) is 6.26 Å². The third-order valence-electron chi connectivity index (χ3n) is 3.79. The van der Waals surface area contributed by atoms with Crippen LogP contribution in [0.2, 0.25) is 0 Å². The van der Waals surface area contributed by atoms with E-state index in [0.29, 0.717) is 22.3 Å². The first-order valence-corrected chi connectivity index (χ1v) is 9.38. The van der Waals surface area contributed by atoms with Crippen LogP contribution >= 0.6 is 0 Å². The van der Waals surface area contributed by atoms with E-state index in [1.807, 2.05) is 6.07 Å². The van der Waals surface area contributed by atoms with Gasteiger partial charge in [-0.25, -0.2) is 17.6 Å². The van der Waals surface area contributed by atoms with Crippen molar-refractivity contribution in [2.45, 2.75) is 11.6 Å². The van der Waals surface area contributed by atoms with Crippen molar-refractivity contribution in [1.82, 2.24) is 0 Å². The van der Waals surface area contributed by atoms with Crippen LogP contribution in [0.5, 0.6) is 0 Å². The Bertz CT molecular complexity index is 1050. The molecule has 0 amide bonds. The lowest BCUT2D eigenvalue weighted by molar-refractivity contribution is 0.371. The number of rotatable bonds is 4. The second-order valence-corrected chi connectivity index (χ2v) is 7.60. The first-order chi connectivity index (χ1) is 11.9. The molecular weight excluding hydrogens is 343 g/mol. The minimum absolute atomic E-state index is 0.0770. The summed E-state index contributed by atoms with van der Waals surface area (Å²) in [4.78, 5) is 12.6. The van der Waals surface area contributed by atoms with Crippen molar-refractivity contribution < 1.29 is 17.2 Å². The van der Waals surface area contributed by atoms with Crippen LogP contribution in [0.4, 0.5) is 4.39 Å². The number of alkyl halides is 1. The topological polar surface area (TPSA) is 64.3 Å². The molecule has 0 atom stereocenters. The van der Waals surface area contributed by atoms with Crippen molar-refractivity contribution >= 4 is 9.84 Å². The van der Waals surface area contributed by atoms with Gasteiger partial charge in [0.15, 0.2) is 9.84 Å². The minimum Gasteiger partial charge on any atom is -0.425 e. The highest BCUT2D eigenvalue weighted by Crippen LogP contribution is 2.31. The monoisotopic (exact) mass is 358 g/mol. The van der Waals surface area contributed by atoms with Crippen LogP contribution in [0.1, 0.15) is 5.76 Å². The molecule has 0 aliphatic heterocycles. The Morgan fingerprint density at radius 3 is 2.16 bits per heavy atom. The maximum absolute atomic E-state index is 13.0. The van der Waals surface area contributed by atoms with Crippen LogP contribution in [0.15, 0.2) is 74.8 Å². The van der Waals surface area contributed by atoms with Gasteiger partial charge in [-0.15, -0.1) is 0 Å². The van der Waals surface area contributed by atoms with Gasteiger partial charge in [-0.3, -0.25) is 0 Å². The molecule has 0 aliphatic carbocycles. The lowest BCUT2D eigenvalue weighted by Crippen LogP contribution is -2.07. The number of hydrogen-bond donors (Lipinski definition) is 0. The van der Waals surface area contributed by atoms with Crippen molar-refractivity contribution in [2.24, 2.45) is 0 Å². The molecule has 1 heterocycles. The van der Waals surface area contributed by atoms with E-state index in [1.165, 1.54) is 18.2 Å². The SMILES string of the molecule is CS(=O)(=O)c1ccc(-c2cc(CF)oc(=O)c2-c2ccccc2)cc1. The fraction of sp³-hybridized carbons (Fsp3) is 0.105. The molecule has 1 aromatic heterocycles. The van der Waals surface area contributed by atoms with Gasteiger partial charge >= 0.3 is 5.63 Å². The summed E-state index contributed by atoms with van der Waals surface area (Å²) < 4.78 is 41.3. The summed E-state index contributed by atoms with van der Waals surface area (Å²) in [5.74, 6) is -0.0770. The number of benzene rings is 2. The number of hydrogen-bond acceptors (Lipinski definition) is 4. The zero-order chi connectivity index (χ0) is 18.0. The minimum atomic E-state index is -3.33. The maximum atomic E-state index is 13.0. The van der Waals surface area contributed by atoms with E-state index in [-0.39, 0.29) is 10.7 Å². The number of halogens is 1. The van der Waals surface area contributed by atoms with Crippen LogP contribution in [0.25, 0.3) is 22.3 Å². The molecule has 0 saturated heterocycles. The molecule has 0 fully saturated rings. The molecule has 0 N–H and O–H groups in total. The summed E-state index contributed by atoms with van der Waals surface area (Å²) in [7, 11) is -3.33. The van der Waals surface area contributed by atoms with Crippen molar-refractivity contribution in [3.63, 3.8) is 0 Å². The highest BCUT2D eigenvalue weighted by molar-refractivity contribution is 7.90. The molecule has 3 aromatic rings. The smallest absolute Gasteiger partial charge is 0.344 e. The van der Waals surface area contributed by atoms with E-state index in [1.54, 1.807) is 36.4 Å². The molecule has 0 saturated carbocycles. The zero-order valence-electron chi connectivity index (χ0n) is 13.4. The summed E-state index contributed by atoms with van der Waals surface area (Å²) in [6.07, 6.45) is 1.12. The first-order valence-electron chi connectivity index (χ1n) is 7.49. The molecule has 25 heavy (non-hydrogen) atoms. The summed E-state index contributed by atoms with van der Waals surface area (Å²) in [6.45, 7) is -0.904. The van der Waals surface area contributed by atoms with Crippen LogP contribution in [0, 0.1) is 0 Å². The Labute approximate surface area is 144 Å². The Balaban J connectivity index is 2.24. The van der Waals surface area contributed by atoms with Gasteiger partial charge in [0.1, 0.15) is 12.4 Å². The molecule has 4 nitrogen and oxygen atoms in total. The first kappa shape index (κ1) is 17.1. The molecule has 0 radical (unpaired) electrons. The molecule has 0 aliphatic rings. The van der Waals surface area contributed by atoms with Gasteiger partial charge in [0.2, 0.25) is 0 Å². The maximum Gasteiger partial charge on any atom is 0.344 e. The Hall–Kier alpha value is -2.73. The van der Waals surface area contributed by atoms with E-state index >= 15 is 0 Å². The standard InChI is InChI=1S/C19H15FO4S/c1-25(22,23)16-9-7-13(8-10-16)17-11-15(12-20)24-19(21)18(17)14-5-3-2-4-6-14/h2-11H,12H2,1H3. The molecule has 0 spiro atoms. The van der Waals surface area contributed by atoms with Crippen molar-refractivity contribution in [3.05, 3.63) is 76.8 Å². The van der Waals surface area contributed by atoms with Gasteiger partial charge in [-0.05, 0) is 29.3 Å². The van der Waals surface area contributed by atoms with Crippen LogP contribution in [0.3, 0.4) is 0 Å². The average Bonchev–Trinajstić information content (AvgIpc) is 2.61. The summed E-state index contributed by atoms with van der Waals surface area (Å²) in [5.41, 5.74) is 1.42. The van der Waals surface area contributed by atoms with Crippen LogP contribution in [-0.4, -0.2) is 14.7 Å². The molecular formula is C19H15FO4S. The van der Waals surface area contributed by atoms with Gasteiger partial charge in [0.05, 0.1) is 10.5 Å². The molecule has 0 bridgehead atoms. The normalized spacial score (nSPS) is 11.4. The van der Waals surface area contributed by atoms with Crippen molar-refractivity contribution in [2.75, 3.05) is 6.26 Å². The number of sulfone groups is 1. The second-order valence-electron chi connectivity index (χ2n) is 5.59. The molecule has 0 unspecified atom stereocenters. The van der Waals surface area contributed by atoms with Gasteiger partial charge < -0.3 is 4.42 Å². The van der Waals surface area contributed by atoms with Gasteiger partial charge in [0, 0.05) is 11.8 Å². The van der Waals surface area contributed by atoms with E-state index in [4.69, 9.17) is 4.42 Å². The molecule has 2 aromatic carbocycles. The van der Waals surface area contributed by atoms with E-state index in [9.17, 15) is 17.6 Å². The molecule has 6 heteroatoms. The highest BCUT2D eigenvalue weighted by Gasteiger charge is 2.16. The largest absolute Gasteiger partial charge is 0.425 e. The van der Waals surface area contributed by atoms with Gasteiger partial charge in [-0.1, -0.05) is 42.5 Å². The van der Waals surface area contributed by atoms with Gasteiger partial charge in [0.25, 0.3) is 0 Å². The third-order valence-corrected chi connectivity index (χ3v) is 4.92. The predicted octanol–water partition coefficient (Wildman–Crippen LogP) is 3.85. The van der Waals surface area contributed by atoms with Crippen LogP contribution < -0.4 is 5.63 Å². The zero-order valence-corrected chi connectivity index (χ0v) is 14.2. The lowest BCUT2D eigenvalue weighted by Gasteiger charge is -2.10. The van der Waals surface area contributed by atoms with Crippen molar-refractivity contribution in [3.8, 4) is 22.3 Å². The summed E-state index contributed by atoms with van der Waals surface area (Å²) >= 11 is 0. The predicted molar refractivity (Wildman–Crippen MR) is 93.8 cm³/mol. The fourth-order valence-corrected chi connectivity index (χ4v) is 3.23. The van der Waals surface area contributed by atoms with Crippen molar-refractivity contribution in [1.29, 1.82) is 0 Å². The Kier molecular flexibility index (Phi) is 4.55. The van der Waals surface area contributed by atoms with Gasteiger partial charge in [-0.2, -0.15) is 0 Å². The van der Waals surface area contributed by atoms with E-state index in [2.05, 4.69) is 0 Å². The Morgan fingerprint density at radius 1 is 0.960 bits per heavy atom. The van der Waals surface area contributed by atoms with Crippen LogP contribution in [-0.2, 0) is 16.5 Å². The second kappa shape index (κ2) is 6.64. The summed E-state index contributed by atoms with van der Waals surface area (Å²) in [5, 5.41) is 0. The lowest BCUT2D eigenvalue weighted by atomic mass is 9.96. The third kappa shape index (κ3) is 3.53. The summed E-state index contributed by atoms with van der Waals surface area (Å²) in [6, 6.07) is 16.5. The molecule has 128 valence electrons. The quantitative estimate of drug-likeness (QED) is 0.711. The average molecular weight is 358 g/mol. The molecule has 3 rings (SSSR count). The highest BCUT2D eigenvalue weighted by atomic mass is 32.2. The fourth-order valence-electron chi connectivity index (χ4n) is 2.60. The Morgan fingerprint density at radius 2 is 1.60 bits per heavy atom.